The lowest BCUT2D eigenvalue weighted by Gasteiger charge is -2.25. The quantitative estimate of drug-likeness (QED) is 0.925. The summed E-state index contributed by atoms with van der Waals surface area (Å²) in [5, 5.41) is 3.62. The van der Waals surface area contributed by atoms with Crippen LogP contribution in [0.25, 0.3) is 11.4 Å². The minimum atomic E-state index is 0.430. The molecule has 3 nitrogen and oxygen atoms in total. The zero-order valence-corrected chi connectivity index (χ0v) is 12.9. The van der Waals surface area contributed by atoms with Crippen molar-refractivity contribution in [3.05, 3.63) is 47.3 Å². The summed E-state index contributed by atoms with van der Waals surface area (Å²) in [4.78, 5) is 9.48. The van der Waals surface area contributed by atoms with E-state index in [4.69, 9.17) is 4.98 Å². The van der Waals surface area contributed by atoms with Crippen molar-refractivity contribution in [2.75, 3.05) is 6.54 Å². The predicted octanol–water partition coefficient (Wildman–Crippen LogP) is 3.83. The fourth-order valence-corrected chi connectivity index (χ4v) is 3.03. The fraction of sp³-hybridized carbons (Fsp3) is 0.444. The van der Waals surface area contributed by atoms with Crippen LogP contribution in [0.15, 0.2) is 30.5 Å². The monoisotopic (exact) mass is 281 g/mol. The average Bonchev–Trinajstić information content (AvgIpc) is 2.52. The first-order chi connectivity index (χ1) is 10.3. The predicted molar refractivity (Wildman–Crippen MR) is 86.2 cm³/mol. The van der Waals surface area contributed by atoms with Crippen LogP contribution in [0.1, 0.15) is 49.0 Å². The van der Waals surface area contributed by atoms with Gasteiger partial charge in [0, 0.05) is 29.1 Å². The molecule has 0 saturated carbocycles. The van der Waals surface area contributed by atoms with E-state index in [9.17, 15) is 0 Å². The van der Waals surface area contributed by atoms with Crippen molar-refractivity contribution in [1.82, 2.24) is 15.3 Å². The SMILES string of the molecule is CCCNC1CCCc2nc(-c3ccccc3C)ncc21. The van der Waals surface area contributed by atoms with Gasteiger partial charge in [-0.3, -0.25) is 0 Å². The van der Waals surface area contributed by atoms with Gasteiger partial charge < -0.3 is 5.32 Å². The summed E-state index contributed by atoms with van der Waals surface area (Å²) in [6, 6.07) is 8.76. The molecule has 0 bridgehead atoms. The van der Waals surface area contributed by atoms with E-state index < -0.39 is 0 Å². The Morgan fingerprint density at radius 3 is 2.95 bits per heavy atom. The second kappa shape index (κ2) is 6.35. The maximum Gasteiger partial charge on any atom is 0.159 e. The van der Waals surface area contributed by atoms with Gasteiger partial charge in [-0.25, -0.2) is 9.97 Å². The highest BCUT2D eigenvalue weighted by molar-refractivity contribution is 5.60. The average molecular weight is 281 g/mol. The molecule has 0 aliphatic heterocycles. The third-order valence-electron chi connectivity index (χ3n) is 4.21. The van der Waals surface area contributed by atoms with Gasteiger partial charge in [0.25, 0.3) is 0 Å². The van der Waals surface area contributed by atoms with E-state index in [0.29, 0.717) is 6.04 Å². The molecule has 3 rings (SSSR count). The van der Waals surface area contributed by atoms with Crippen LogP contribution in [0.3, 0.4) is 0 Å². The molecule has 0 amide bonds. The molecule has 1 aromatic carbocycles. The minimum absolute atomic E-state index is 0.430. The Morgan fingerprint density at radius 1 is 1.29 bits per heavy atom. The fourth-order valence-electron chi connectivity index (χ4n) is 3.03. The summed E-state index contributed by atoms with van der Waals surface area (Å²) in [5.74, 6) is 0.864. The summed E-state index contributed by atoms with van der Waals surface area (Å²) in [6.45, 7) is 5.38. The molecule has 1 aliphatic rings. The van der Waals surface area contributed by atoms with Crippen LogP contribution in [0.5, 0.6) is 0 Å². The zero-order valence-electron chi connectivity index (χ0n) is 12.9. The molecule has 0 fully saturated rings. The second-order valence-electron chi connectivity index (χ2n) is 5.81. The molecule has 1 atom stereocenters. The van der Waals surface area contributed by atoms with Gasteiger partial charge in [0.05, 0.1) is 0 Å². The van der Waals surface area contributed by atoms with E-state index in [-0.39, 0.29) is 0 Å². The van der Waals surface area contributed by atoms with Gasteiger partial charge in [0.2, 0.25) is 0 Å². The van der Waals surface area contributed by atoms with E-state index in [1.807, 2.05) is 6.20 Å². The number of fused-ring (bicyclic) bond motifs is 1. The van der Waals surface area contributed by atoms with E-state index in [0.717, 1.165) is 30.8 Å². The van der Waals surface area contributed by atoms with Crippen LogP contribution in [-0.4, -0.2) is 16.5 Å². The second-order valence-corrected chi connectivity index (χ2v) is 5.81. The molecular weight excluding hydrogens is 258 g/mol. The maximum atomic E-state index is 4.85. The molecule has 0 radical (unpaired) electrons. The van der Waals surface area contributed by atoms with E-state index in [1.54, 1.807) is 0 Å². The van der Waals surface area contributed by atoms with Gasteiger partial charge in [0.1, 0.15) is 0 Å². The number of nitrogens with one attached hydrogen (secondary N) is 1. The number of hydrogen-bond acceptors (Lipinski definition) is 3. The third-order valence-corrected chi connectivity index (χ3v) is 4.21. The van der Waals surface area contributed by atoms with Crippen molar-refractivity contribution in [3.8, 4) is 11.4 Å². The molecule has 21 heavy (non-hydrogen) atoms. The highest BCUT2D eigenvalue weighted by Gasteiger charge is 2.22. The van der Waals surface area contributed by atoms with E-state index >= 15 is 0 Å². The Bertz CT molecular complexity index is 622. The van der Waals surface area contributed by atoms with Gasteiger partial charge in [-0.2, -0.15) is 0 Å². The molecule has 1 unspecified atom stereocenters. The summed E-state index contributed by atoms with van der Waals surface area (Å²) >= 11 is 0. The lowest BCUT2D eigenvalue weighted by molar-refractivity contribution is 0.454. The molecule has 0 spiro atoms. The van der Waals surface area contributed by atoms with E-state index in [2.05, 4.69) is 48.4 Å². The Labute approximate surface area is 126 Å². The van der Waals surface area contributed by atoms with Gasteiger partial charge in [0.15, 0.2) is 5.82 Å². The topological polar surface area (TPSA) is 37.8 Å². The largest absolute Gasteiger partial charge is 0.310 e. The highest BCUT2D eigenvalue weighted by atomic mass is 14.9. The van der Waals surface area contributed by atoms with Crippen LogP contribution in [-0.2, 0) is 6.42 Å². The highest BCUT2D eigenvalue weighted by Crippen LogP contribution is 2.30. The lowest BCUT2D eigenvalue weighted by Crippen LogP contribution is -2.26. The zero-order chi connectivity index (χ0) is 14.7. The molecule has 0 saturated heterocycles. The standard InChI is InChI=1S/C18H23N3/c1-3-11-19-16-9-6-10-17-15(16)12-20-18(21-17)14-8-5-4-7-13(14)2/h4-5,7-8,12,16,19H,3,6,9-11H2,1-2H3. The van der Waals surface area contributed by atoms with Crippen molar-refractivity contribution < 1.29 is 0 Å². The molecule has 3 heteroatoms. The smallest absolute Gasteiger partial charge is 0.159 e. The third kappa shape index (κ3) is 2.98. The van der Waals surface area contributed by atoms with Gasteiger partial charge in [-0.1, -0.05) is 31.2 Å². The summed E-state index contributed by atoms with van der Waals surface area (Å²) in [7, 11) is 0. The molecule has 1 N–H and O–H groups in total. The molecule has 110 valence electrons. The molecule has 1 aromatic heterocycles. The Balaban J connectivity index is 1.93. The van der Waals surface area contributed by atoms with Gasteiger partial charge in [-0.05, 0) is 44.7 Å². The first kappa shape index (κ1) is 14.2. The maximum absolute atomic E-state index is 4.85. The number of hydrogen-bond donors (Lipinski definition) is 1. The summed E-state index contributed by atoms with van der Waals surface area (Å²) in [6.07, 6.45) is 6.67. The van der Waals surface area contributed by atoms with Crippen LogP contribution in [0, 0.1) is 6.92 Å². The van der Waals surface area contributed by atoms with Crippen LogP contribution >= 0.6 is 0 Å². The first-order valence-corrected chi connectivity index (χ1v) is 7.94. The van der Waals surface area contributed by atoms with E-state index in [1.165, 1.54) is 29.7 Å². The Kier molecular flexibility index (Phi) is 4.30. The van der Waals surface area contributed by atoms with Crippen LogP contribution in [0.4, 0.5) is 0 Å². The van der Waals surface area contributed by atoms with Crippen LogP contribution in [0.2, 0.25) is 0 Å². The number of aryl methyl sites for hydroxylation is 2. The normalized spacial score (nSPS) is 17.5. The number of rotatable bonds is 4. The van der Waals surface area contributed by atoms with Crippen molar-refractivity contribution in [3.63, 3.8) is 0 Å². The minimum Gasteiger partial charge on any atom is -0.310 e. The molecule has 1 heterocycles. The Hall–Kier alpha value is -1.74. The number of benzene rings is 1. The lowest BCUT2D eigenvalue weighted by atomic mass is 9.92. The summed E-state index contributed by atoms with van der Waals surface area (Å²) in [5.41, 5.74) is 4.90. The number of aromatic nitrogens is 2. The molecule has 2 aromatic rings. The van der Waals surface area contributed by atoms with Gasteiger partial charge >= 0.3 is 0 Å². The van der Waals surface area contributed by atoms with Crippen molar-refractivity contribution in [2.24, 2.45) is 0 Å². The first-order valence-electron chi connectivity index (χ1n) is 7.94. The molecular formula is C18H23N3. The Morgan fingerprint density at radius 2 is 2.14 bits per heavy atom. The molecule has 1 aliphatic carbocycles. The van der Waals surface area contributed by atoms with Crippen molar-refractivity contribution >= 4 is 0 Å². The van der Waals surface area contributed by atoms with Crippen molar-refractivity contribution in [1.29, 1.82) is 0 Å². The van der Waals surface area contributed by atoms with Crippen LogP contribution < -0.4 is 5.32 Å². The number of nitrogens with zero attached hydrogens (tertiary/aromatic N) is 2. The van der Waals surface area contributed by atoms with Crippen molar-refractivity contribution in [2.45, 2.75) is 45.6 Å². The summed E-state index contributed by atoms with van der Waals surface area (Å²) < 4.78 is 0. The van der Waals surface area contributed by atoms with Gasteiger partial charge in [-0.15, -0.1) is 0 Å².